The molecule has 28 heavy (non-hydrogen) atoms. The smallest absolute Gasteiger partial charge is 0.416 e. The molecule has 0 atom stereocenters. The molecule has 1 N–H and O–H groups in total. The van der Waals surface area contributed by atoms with Crippen molar-refractivity contribution in [1.29, 1.82) is 0 Å². The number of carbonyl (C=O) groups excluding carboxylic acids is 1. The Morgan fingerprint density at radius 2 is 1.68 bits per heavy atom. The molecule has 4 nitrogen and oxygen atoms in total. The molecule has 1 amide bonds. The molecular formula is C21H23F3N2O2. The molecule has 2 rings (SSSR count). The third-order valence-electron chi connectivity index (χ3n) is 4.05. The van der Waals surface area contributed by atoms with Gasteiger partial charge in [-0.2, -0.15) is 18.3 Å². The summed E-state index contributed by atoms with van der Waals surface area (Å²) < 4.78 is 43.7. The van der Waals surface area contributed by atoms with Crippen molar-refractivity contribution >= 4 is 11.6 Å². The van der Waals surface area contributed by atoms with Crippen molar-refractivity contribution in [2.45, 2.75) is 39.3 Å². The van der Waals surface area contributed by atoms with E-state index in [1.54, 1.807) is 12.1 Å². The molecule has 7 heteroatoms. The molecule has 0 aliphatic carbocycles. The minimum Gasteiger partial charge on any atom is -0.484 e. The number of hydrazone groups is 1. The zero-order valence-electron chi connectivity index (χ0n) is 16.2. The monoisotopic (exact) mass is 392 g/mol. The van der Waals surface area contributed by atoms with E-state index in [4.69, 9.17) is 4.74 Å². The van der Waals surface area contributed by atoms with Crippen molar-refractivity contribution < 1.29 is 22.7 Å². The summed E-state index contributed by atoms with van der Waals surface area (Å²) in [5, 5.41) is 3.85. The molecule has 0 unspecified atom stereocenters. The highest BCUT2D eigenvalue weighted by Crippen LogP contribution is 2.29. The number of hydrogen-bond acceptors (Lipinski definition) is 3. The van der Waals surface area contributed by atoms with E-state index in [1.807, 2.05) is 12.1 Å². The Hall–Kier alpha value is -2.83. The first-order valence-electron chi connectivity index (χ1n) is 8.71. The maximum Gasteiger partial charge on any atom is 0.416 e. The van der Waals surface area contributed by atoms with Gasteiger partial charge in [0.25, 0.3) is 5.91 Å². The molecule has 2 aromatic rings. The van der Waals surface area contributed by atoms with Crippen molar-refractivity contribution in [3.63, 3.8) is 0 Å². The summed E-state index contributed by atoms with van der Waals surface area (Å²) in [5.41, 5.74) is 3.21. The number of rotatable bonds is 5. The first kappa shape index (κ1) is 21.5. The summed E-state index contributed by atoms with van der Waals surface area (Å²) in [5.74, 6) is 0.0351. The van der Waals surface area contributed by atoms with Crippen molar-refractivity contribution in [2.75, 3.05) is 6.61 Å². The van der Waals surface area contributed by atoms with Gasteiger partial charge in [-0.05, 0) is 47.7 Å². The topological polar surface area (TPSA) is 50.7 Å². The van der Waals surface area contributed by atoms with Crippen LogP contribution in [0.4, 0.5) is 13.2 Å². The number of benzene rings is 2. The Balaban J connectivity index is 1.93. The predicted octanol–water partition coefficient (Wildman–Crippen LogP) is 4.92. The number of carbonyl (C=O) groups is 1. The summed E-state index contributed by atoms with van der Waals surface area (Å²) in [7, 11) is 0. The molecule has 0 saturated carbocycles. The van der Waals surface area contributed by atoms with Gasteiger partial charge in [0.2, 0.25) is 0 Å². The van der Waals surface area contributed by atoms with Crippen LogP contribution in [0.1, 0.15) is 44.4 Å². The highest BCUT2D eigenvalue weighted by atomic mass is 19.4. The van der Waals surface area contributed by atoms with E-state index >= 15 is 0 Å². The highest BCUT2D eigenvalue weighted by Gasteiger charge is 2.30. The van der Waals surface area contributed by atoms with Gasteiger partial charge >= 0.3 is 6.18 Å². The molecular weight excluding hydrogens is 369 g/mol. The normalized spacial score (nSPS) is 12.6. The fraction of sp³-hybridized carbons (Fsp3) is 0.333. The van der Waals surface area contributed by atoms with Crippen LogP contribution in [0.2, 0.25) is 0 Å². The molecule has 0 heterocycles. The third kappa shape index (κ3) is 6.11. The largest absolute Gasteiger partial charge is 0.484 e. The van der Waals surface area contributed by atoms with Gasteiger partial charge in [0, 0.05) is 0 Å². The van der Waals surface area contributed by atoms with Gasteiger partial charge in [-0.1, -0.05) is 45.0 Å². The fourth-order valence-electron chi connectivity index (χ4n) is 2.36. The molecule has 0 aromatic heterocycles. The van der Waals surface area contributed by atoms with E-state index < -0.39 is 17.6 Å². The second kappa shape index (κ2) is 8.46. The van der Waals surface area contributed by atoms with Gasteiger partial charge in [0.15, 0.2) is 6.61 Å². The number of nitrogens with one attached hydrogen (secondary N) is 1. The SMILES string of the molecule is CC(=NNC(=O)COc1ccc(C(C)(C)C)cc1)c1cccc(C(F)(F)F)c1. The maximum absolute atomic E-state index is 12.8. The molecule has 0 fully saturated rings. The number of amides is 1. The molecule has 0 saturated heterocycles. The number of ether oxygens (including phenoxy) is 1. The Bertz CT molecular complexity index is 851. The molecule has 0 radical (unpaired) electrons. The second-order valence-corrected chi connectivity index (χ2v) is 7.37. The third-order valence-corrected chi connectivity index (χ3v) is 4.05. The van der Waals surface area contributed by atoms with Gasteiger partial charge in [0.1, 0.15) is 5.75 Å². The lowest BCUT2D eigenvalue weighted by Gasteiger charge is -2.19. The minimum absolute atomic E-state index is 0.0194. The molecule has 150 valence electrons. The van der Waals surface area contributed by atoms with Crippen LogP contribution in [0, 0.1) is 0 Å². The lowest BCUT2D eigenvalue weighted by atomic mass is 9.87. The van der Waals surface area contributed by atoms with Gasteiger partial charge in [-0.3, -0.25) is 4.79 Å². The first-order chi connectivity index (χ1) is 13.0. The molecule has 0 spiro atoms. The van der Waals surface area contributed by atoms with Gasteiger partial charge < -0.3 is 4.74 Å². The average Bonchev–Trinajstić information content (AvgIpc) is 2.63. The number of alkyl halides is 3. The lowest BCUT2D eigenvalue weighted by Crippen LogP contribution is -2.25. The average molecular weight is 392 g/mol. The van der Waals surface area contributed by atoms with Crippen LogP contribution < -0.4 is 10.2 Å². The Morgan fingerprint density at radius 1 is 1.04 bits per heavy atom. The summed E-state index contributed by atoms with van der Waals surface area (Å²) >= 11 is 0. The van der Waals surface area contributed by atoms with E-state index in [0.717, 1.165) is 17.7 Å². The number of halogens is 3. The minimum atomic E-state index is -4.43. The van der Waals surface area contributed by atoms with Crippen LogP contribution in [-0.2, 0) is 16.4 Å². The number of hydrogen-bond donors (Lipinski definition) is 1. The van der Waals surface area contributed by atoms with E-state index in [1.165, 1.54) is 19.1 Å². The van der Waals surface area contributed by atoms with Gasteiger partial charge in [0.05, 0.1) is 11.3 Å². The number of nitrogens with zero attached hydrogens (tertiary/aromatic N) is 1. The summed E-state index contributed by atoms with van der Waals surface area (Å²) in [6, 6.07) is 12.2. The summed E-state index contributed by atoms with van der Waals surface area (Å²) in [6.45, 7) is 7.55. The Morgan fingerprint density at radius 3 is 2.25 bits per heavy atom. The van der Waals surface area contributed by atoms with E-state index in [0.29, 0.717) is 5.75 Å². The van der Waals surface area contributed by atoms with Crippen LogP contribution in [0.25, 0.3) is 0 Å². The lowest BCUT2D eigenvalue weighted by molar-refractivity contribution is -0.137. The standard InChI is InChI=1S/C21H23F3N2O2/c1-14(15-6-5-7-17(12-15)21(22,23)24)25-26-19(27)13-28-18-10-8-16(9-11-18)20(2,3)4/h5-12H,13H2,1-4H3,(H,26,27). The predicted molar refractivity (Wildman–Crippen MR) is 102 cm³/mol. The zero-order valence-corrected chi connectivity index (χ0v) is 16.2. The van der Waals surface area contributed by atoms with Crippen molar-refractivity contribution in [3.8, 4) is 5.75 Å². The van der Waals surface area contributed by atoms with Crippen molar-refractivity contribution in [3.05, 3.63) is 65.2 Å². The van der Waals surface area contributed by atoms with Crippen LogP contribution in [0.15, 0.2) is 53.6 Å². The summed E-state index contributed by atoms with van der Waals surface area (Å²) in [6.07, 6.45) is -4.43. The molecule has 0 aliphatic heterocycles. The summed E-state index contributed by atoms with van der Waals surface area (Å²) in [4.78, 5) is 11.9. The molecule has 2 aromatic carbocycles. The van der Waals surface area contributed by atoms with Crippen LogP contribution in [-0.4, -0.2) is 18.2 Å². The zero-order chi connectivity index (χ0) is 20.9. The highest BCUT2D eigenvalue weighted by molar-refractivity contribution is 5.99. The quantitative estimate of drug-likeness (QED) is 0.580. The van der Waals surface area contributed by atoms with Crippen molar-refractivity contribution in [2.24, 2.45) is 5.10 Å². The second-order valence-electron chi connectivity index (χ2n) is 7.37. The van der Waals surface area contributed by atoms with Crippen LogP contribution in [0.5, 0.6) is 5.75 Å². The van der Waals surface area contributed by atoms with E-state index in [-0.39, 0.29) is 23.3 Å². The van der Waals surface area contributed by atoms with Gasteiger partial charge in [-0.25, -0.2) is 5.43 Å². The Labute approximate surface area is 162 Å². The first-order valence-corrected chi connectivity index (χ1v) is 8.71. The van der Waals surface area contributed by atoms with E-state index in [9.17, 15) is 18.0 Å². The van der Waals surface area contributed by atoms with Crippen LogP contribution in [0.3, 0.4) is 0 Å². The Kier molecular flexibility index (Phi) is 6.48. The van der Waals surface area contributed by atoms with Gasteiger partial charge in [-0.15, -0.1) is 0 Å². The van der Waals surface area contributed by atoms with Crippen LogP contribution >= 0.6 is 0 Å². The van der Waals surface area contributed by atoms with E-state index in [2.05, 4.69) is 31.3 Å². The maximum atomic E-state index is 12.8. The van der Waals surface area contributed by atoms with Crippen molar-refractivity contribution in [1.82, 2.24) is 5.43 Å². The fourth-order valence-corrected chi connectivity index (χ4v) is 2.36. The molecule has 0 aliphatic rings. The molecule has 0 bridgehead atoms.